The Balaban J connectivity index is 2.34. The molecule has 1 aromatic rings. The Bertz CT molecular complexity index is 300. The standard InChI is InChI=1S/C10H16N2O2S/c1-7(4-11)10(14)12-5-9(13)8-2-3-15-6-8/h2-3,6-7,9,13H,4-5,11H2,1H3,(H,12,14). The Hall–Kier alpha value is -0.910. The molecular formula is C10H16N2O2S. The fourth-order valence-electron chi connectivity index (χ4n) is 1.06. The van der Waals surface area contributed by atoms with Gasteiger partial charge in [0.15, 0.2) is 0 Å². The molecule has 0 aliphatic heterocycles. The zero-order chi connectivity index (χ0) is 11.3. The zero-order valence-corrected chi connectivity index (χ0v) is 9.46. The van der Waals surface area contributed by atoms with Crippen LogP contribution in [-0.2, 0) is 4.79 Å². The van der Waals surface area contributed by atoms with Crippen LogP contribution in [0.4, 0.5) is 0 Å². The minimum atomic E-state index is -0.634. The second-order valence-corrected chi connectivity index (χ2v) is 4.23. The summed E-state index contributed by atoms with van der Waals surface area (Å²) >= 11 is 1.52. The SMILES string of the molecule is CC(CN)C(=O)NCC(O)c1ccsc1. The highest BCUT2D eigenvalue weighted by molar-refractivity contribution is 7.07. The van der Waals surface area contributed by atoms with Crippen LogP contribution in [0.15, 0.2) is 16.8 Å². The van der Waals surface area contributed by atoms with Gasteiger partial charge < -0.3 is 16.2 Å². The van der Waals surface area contributed by atoms with Crippen LogP contribution < -0.4 is 11.1 Å². The molecular weight excluding hydrogens is 212 g/mol. The Kier molecular flexibility index (Phi) is 4.74. The average molecular weight is 228 g/mol. The summed E-state index contributed by atoms with van der Waals surface area (Å²) in [6, 6.07) is 1.84. The van der Waals surface area contributed by atoms with Crippen molar-refractivity contribution in [1.29, 1.82) is 0 Å². The fraction of sp³-hybridized carbons (Fsp3) is 0.500. The maximum absolute atomic E-state index is 11.3. The van der Waals surface area contributed by atoms with E-state index in [1.165, 1.54) is 11.3 Å². The molecule has 1 heterocycles. The first kappa shape index (κ1) is 12.2. The van der Waals surface area contributed by atoms with Gasteiger partial charge in [0.2, 0.25) is 5.91 Å². The molecule has 4 nitrogen and oxygen atoms in total. The molecule has 0 aromatic carbocycles. The van der Waals surface area contributed by atoms with E-state index in [9.17, 15) is 9.90 Å². The van der Waals surface area contributed by atoms with Crippen LogP contribution in [0, 0.1) is 5.92 Å². The van der Waals surface area contributed by atoms with Gasteiger partial charge >= 0.3 is 0 Å². The second kappa shape index (κ2) is 5.85. The number of carbonyl (C=O) groups is 1. The van der Waals surface area contributed by atoms with Gasteiger partial charge in [-0.2, -0.15) is 11.3 Å². The van der Waals surface area contributed by atoms with Gasteiger partial charge in [0.25, 0.3) is 0 Å². The molecule has 1 aromatic heterocycles. The van der Waals surface area contributed by atoms with Crippen LogP contribution in [0.5, 0.6) is 0 Å². The maximum Gasteiger partial charge on any atom is 0.224 e. The van der Waals surface area contributed by atoms with Crippen LogP contribution in [0.1, 0.15) is 18.6 Å². The van der Waals surface area contributed by atoms with Crippen LogP contribution in [0.3, 0.4) is 0 Å². The monoisotopic (exact) mass is 228 g/mol. The van der Waals surface area contributed by atoms with Crippen molar-refractivity contribution < 1.29 is 9.90 Å². The average Bonchev–Trinajstić information content (AvgIpc) is 2.77. The molecule has 0 aliphatic carbocycles. The second-order valence-electron chi connectivity index (χ2n) is 3.45. The highest BCUT2D eigenvalue weighted by atomic mass is 32.1. The smallest absolute Gasteiger partial charge is 0.224 e. The molecule has 0 fully saturated rings. The molecule has 2 unspecified atom stereocenters. The number of amides is 1. The summed E-state index contributed by atoms with van der Waals surface area (Å²) in [6.45, 7) is 2.31. The lowest BCUT2D eigenvalue weighted by Gasteiger charge is -2.13. The lowest BCUT2D eigenvalue weighted by molar-refractivity contribution is -0.124. The molecule has 1 rings (SSSR count). The molecule has 0 aliphatic rings. The van der Waals surface area contributed by atoms with Crippen molar-refractivity contribution in [2.45, 2.75) is 13.0 Å². The van der Waals surface area contributed by atoms with Gasteiger partial charge in [-0.15, -0.1) is 0 Å². The van der Waals surface area contributed by atoms with E-state index >= 15 is 0 Å². The number of aliphatic hydroxyl groups is 1. The van der Waals surface area contributed by atoms with E-state index in [0.717, 1.165) is 5.56 Å². The number of rotatable bonds is 5. The normalized spacial score (nSPS) is 14.6. The molecule has 0 radical (unpaired) electrons. The minimum absolute atomic E-state index is 0.119. The molecule has 84 valence electrons. The van der Waals surface area contributed by atoms with Crippen molar-refractivity contribution in [3.8, 4) is 0 Å². The number of aliphatic hydroxyl groups excluding tert-OH is 1. The van der Waals surface area contributed by atoms with Gasteiger partial charge in [0, 0.05) is 19.0 Å². The molecule has 0 spiro atoms. The van der Waals surface area contributed by atoms with Crippen molar-refractivity contribution in [2.24, 2.45) is 11.7 Å². The first-order valence-electron chi connectivity index (χ1n) is 4.83. The van der Waals surface area contributed by atoms with Crippen molar-refractivity contribution >= 4 is 17.2 Å². The number of hydrogen-bond acceptors (Lipinski definition) is 4. The third-order valence-corrected chi connectivity index (χ3v) is 2.90. The van der Waals surface area contributed by atoms with E-state index in [2.05, 4.69) is 5.32 Å². The number of nitrogens with one attached hydrogen (secondary N) is 1. The molecule has 1 amide bonds. The predicted octanol–water partition coefficient (Wildman–Crippen LogP) is 0.493. The van der Waals surface area contributed by atoms with Crippen LogP contribution in [-0.4, -0.2) is 24.1 Å². The first-order chi connectivity index (χ1) is 7.15. The van der Waals surface area contributed by atoms with Gasteiger partial charge in [-0.25, -0.2) is 0 Å². The Labute approximate surface area is 93.1 Å². The third kappa shape index (κ3) is 3.62. The maximum atomic E-state index is 11.3. The molecule has 4 N–H and O–H groups in total. The fourth-order valence-corrected chi connectivity index (χ4v) is 1.77. The number of thiophene rings is 1. The van der Waals surface area contributed by atoms with E-state index in [4.69, 9.17) is 5.73 Å². The van der Waals surface area contributed by atoms with Crippen molar-refractivity contribution in [1.82, 2.24) is 5.32 Å². The third-order valence-electron chi connectivity index (χ3n) is 2.20. The van der Waals surface area contributed by atoms with E-state index < -0.39 is 6.10 Å². The molecule has 2 atom stereocenters. The molecule has 0 bridgehead atoms. The number of hydrogen-bond donors (Lipinski definition) is 3. The summed E-state index contributed by atoms with van der Waals surface area (Å²) in [5.74, 6) is -0.327. The number of nitrogens with two attached hydrogens (primary N) is 1. The Morgan fingerprint density at radius 1 is 1.73 bits per heavy atom. The topological polar surface area (TPSA) is 75.4 Å². The van der Waals surface area contributed by atoms with E-state index in [1.54, 1.807) is 6.92 Å². The van der Waals surface area contributed by atoms with Crippen molar-refractivity contribution in [3.05, 3.63) is 22.4 Å². The molecule has 0 saturated heterocycles. The van der Waals surface area contributed by atoms with Crippen LogP contribution in [0.2, 0.25) is 0 Å². The molecule has 15 heavy (non-hydrogen) atoms. The largest absolute Gasteiger partial charge is 0.387 e. The Morgan fingerprint density at radius 2 is 2.47 bits per heavy atom. The molecule has 5 heteroatoms. The van der Waals surface area contributed by atoms with Crippen LogP contribution in [0.25, 0.3) is 0 Å². The van der Waals surface area contributed by atoms with Gasteiger partial charge in [0.1, 0.15) is 0 Å². The van der Waals surface area contributed by atoms with Gasteiger partial charge in [0.05, 0.1) is 6.10 Å². The van der Waals surface area contributed by atoms with E-state index in [-0.39, 0.29) is 18.4 Å². The van der Waals surface area contributed by atoms with Crippen molar-refractivity contribution in [3.63, 3.8) is 0 Å². The van der Waals surface area contributed by atoms with Gasteiger partial charge in [-0.3, -0.25) is 4.79 Å². The summed E-state index contributed by atoms with van der Waals surface area (Å²) in [7, 11) is 0. The van der Waals surface area contributed by atoms with Crippen LogP contribution >= 0.6 is 11.3 Å². The number of carbonyl (C=O) groups excluding carboxylic acids is 1. The van der Waals surface area contributed by atoms with Gasteiger partial charge in [-0.05, 0) is 22.4 Å². The summed E-state index contributed by atoms with van der Waals surface area (Å²) < 4.78 is 0. The van der Waals surface area contributed by atoms with E-state index in [0.29, 0.717) is 6.54 Å². The lowest BCUT2D eigenvalue weighted by Crippen LogP contribution is -2.35. The van der Waals surface area contributed by atoms with Crippen molar-refractivity contribution in [2.75, 3.05) is 13.1 Å². The highest BCUT2D eigenvalue weighted by Crippen LogP contribution is 2.15. The summed E-state index contributed by atoms with van der Waals surface area (Å²) in [6.07, 6.45) is -0.634. The summed E-state index contributed by atoms with van der Waals surface area (Å²) in [5, 5.41) is 16.1. The van der Waals surface area contributed by atoms with E-state index in [1.807, 2.05) is 16.8 Å². The summed E-state index contributed by atoms with van der Waals surface area (Å²) in [4.78, 5) is 11.3. The summed E-state index contributed by atoms with van der Waals surface area (Å²) in [5.41, 5.74) is 6.19. The highest BCUT2D eigenvalue weighted by Gasteiger charge is 2.13. The molecule has 0 saturated carbocycles. The lowest BCUT2D eigenvalue weighted by atomic mass is 10.1. The quantitative estimate of drug-likeness (QED) is 0.686. The Morgan fingerprint density at radius 3 is 3.00 bits per heavy atom. The predicted molar refractivity (Wildman–Crippen MR) is 60.5 cm³/mol. The van der Waals surface area contributed by atoms with Gasteiger partial charge in [-0.1, -0.05) is 6.92 Å². The first-order valence-corrected chi connectivity index (χ1v) is 5.77. The zero-order valence-electron chi connectivity index (χ0n) is 8.64. The minimum Gasteiger partial charge on any atom is -0.387 e.